The minimum atomic E-state index is -0.925. The van der Waals surface area contributed by atoms with Crippen LogP contribution in [0.1, 0.15) is 16.1 Å². The van der Waals surface area contributed by atoms with Crippen molar-refractivity contribution in [2.24, 2.45) is 0 Å². The Morgan fingerprint density at radius 1 is 1.11 bits per heavy atom. The van der Waals surface area contributed by atoms with E-state index in [1.54, 1.807) is 11.0 Å². The van der Waals surface area contributed by atoms with Crippen molar-refractivity contribution in [3.8, 4) is 21.9 Å². The number of nitrogens with zero attached hydrogens (tertiary/aromatic N) is 1. The molecule has 142 valence electrons. The van der Waals surface area contributed by atoms with Gasteiger partial charge in [-0.3, -0.25) is 9.59 Å². The van der Waals surface area contributed by atoms with Gasteiger partial charge >= 0.3 is 5.97 Å². The maximum absolute atomic E-state index is 12.8. The number of benzene rings is 1. The van der Waals surface area contributed by atoms with E-state index >= 15 is 0 Å². The van der Waals surface area contributed by atoms with Crippen LogP contribution in [0, 0.1) is 0 Å². The van der Waals surface area contributed by atoms with Crippen LogP contribution in [0.2, 0.25) is 0 Å². The van der Waals surface area contributed by atoms with Gasteiger partial charge in [0.2, 0.25) is 0 Å². The highest BCUT2D eigenvalue weighted by atomic mass is 32.1. The fourth-order valence-electron chi connectivity index (χ4n) is 3.18. The number of rotatable bonds is 4. The predicted molar refractivity (Wildman–Crippen MR) is 98.6 cm³/mol. The number of hydrogen-bond acceptors (Lipinski definition) is 6. The third kappa shape index (κ3) is 3.91. The molecule has 0 aliphatic carbocycles. The van der Waals surface area contributed by atoms with E-state index in [1.165, 1.54) is 11.3 Å². The quantitative estimate of drug-likeness (QED) is 0.865. The summed E-state index contributed by atoms with van der Waals surface area (Å²) in [5.74, 6) is 0.425. The number of aliphatic carboxylic acids is 1. The van der Waals surface area contributed by atoms with E-state index in [1.807, 2.05) is 24.3 Å². The van der Waals surface area contributed by atoms with Gasteiger partial charge in [-0.15, -0.1) is 11.3 Å². The minimum absolute atomic E-state index is 0.0949. The number of hydrogen-bond donors (Lipinski definition) is 1. The molecule has 2 aliphatic rings. The fourth-order valence-corrected chi connectivity index (χ4v) is 4.15. The molecule has 0 radical (unpaired) electrons. The van der Waals surface area contributed by atoms with Crippen LogP contribution in [-0.4, -0.2) is 60.9 Å². The smallest absolute Gasteiger partial charge is 0.306 e. The van der Waals surface area contributed by atoms with Gasteiger partial charge in [0.15, 0.2) is 11.5 Å². The summed E-state index contributed by atoms with van der Waals surface area (Å²) in [6.45, 7) is 2.18. The standard InChI is InChI=1S/C19H19NO6S/c21-18(22)10-13-11-20(5-6-24-13)19(23)17-4-3-16(27-17)12-1-2-14-15(9-12)26-8-7-25-14/h1-4,9,13H,5-8,10-11H2,(H,21,22)/t13-/m0/s1. The van der Waals surface area contributed by atoms with Crippen LogP contribution in [-0.2, 0) is 9.53 Å². The zero-order valence-electron chi connectivity index (χ0n) is 14.6. The molecular formula is C19H19NO6S. The van der Waals surface area contributed by atoms with E-state index < -0.39 is 12.1 Å². The molecule has 1 amide bonds. The van der Waals surface area contributed by atoms with Crippen molar-refractivity contribution in [2.75, 3.05) is 32.9 Å². The summed E-state index contributed by atoms with van der Waals surface area (Å²) in [6, 6.07) is 9.47. The van der Waals surface area contributed by atoms with Gasteiger partial charge in [-0.25, -0.2) is 0 Å². The van der Waals surface area contributed by atoms with Crippen molar-refractivity contribution in [3.63, 3.8) is 0 Å². The third-order valence-corrected chi connectivity index (χ3v) is 5.59. The molecule has 0 saturated carbocycles. The second-order valence-corrected chi connectivity index (χ2v) is 7.45. The van der Waals surface area contributed by atoms with Gasteiger partial charge in [-0.05, 0) is 35.9 Å². The average molecular weight is 389 g/mol. The van der Waals surface area contributed by atoms with E-state index in [2.05, 4.69) is 0 Å². The van der Waals surface area contributed by atoms with Gasteiger partial charge in [0.25, 0.3) is 5.91 Å². The van der Waals surface area contributed by atoms with Gasteiger partial charge in [0.1, 0.15) is 13.2 Å². The predicted octanol–water partition coefficient (Wildman–Crippen LogP) is 2.50. The number of morpholine rings is 1. The molecule has 1 N–H and O–H groups in total. The number of carboxylic acids is 1. The zero-order valence-corrected chi connectivity index (χ0v) is 15.4. The number of thiophene rings is 1. The van der Waals surface area contributed by atoms with Crippen molar-refractivity contribution >= 4 is 23.2 Å². The number of carboxylic acid groups (broad SMARTS) is 1. The summed E-state index contributed by atoms with van der Waals surface area (Å²) in [6.07, 6.45) is -0.561. The van der Waals surface area contributed by atoms with Crippen molar-refractivity contribution < 1.29 is 28.9 Å². The molecule has 1 fully saturated rings. The summed E-state index contributed by atoms with van der Waals surface area (Å²) in [5, 5.41) is 8.92. The first kappa shape index (κ1) is 17.8. The maximum atomic E-state index is 12.8. The van der Waals surface area contributed by atoms with Crippen LogP contribution in [0.3, 0.4) is 0 Å². The number of amides is 1. The van der Waals surface area contributed by atoms with E-state index in [9.17, 15) is 9.59 Å². The summed E-state index contributed by atoms with van der Waals surface area (Å²) < 4.78 is 16.6. The molecular weight excluding hydrogens is 370 g/mol. The van der Waals surface area contributed by atoms with Gasteiger partial charge < -0.3 is 24.2 Å². The lowest BCUT2D eigenvalue weighted by molar-refractivity contribution is -0.141. The summed E-state index contributed by atoms with van der Waals surface area (Å²) >= 11 is 1.41. The van der Waals surface area contributed by atoms with Crippen molar-refractivity contribution in [3.05, 3.63) is 35.2 Å². The largest absolute Gasteiger partial charge is 0.486 e. The van der Waals surface area contributed by atoms with Crippen molar-refractivity contribution in [1.29, 1.82) is 0 Å². The van der Waals surface area contributed by atoms with Crippen LogP contribution in [0.5, 0.6) is 11.5 Å². The first-order valence-corrected chi connectivity index (χ1v) is 9.54. The zero-order chi connectivity index (χ0) is 18.8. The number of ether oxygens (including phenoxy) is 3. The van der Waals surface area contributed by atoms with E-state index in [0.717, 1.165) is 16.2 Å². The van der Waals surface area contributed by atoms with Gasteiger partial charge in [0, 0.05) is 18.0 Å². The fraction of sp³-hybridized carbons (Fsp3) is 0.368. The monoisotopic (exact) mass is 389 g/mol. The Balaban J connectivity index is 1.49. The lowest BCUT2D eigenvalue weighted by atomic mass is 10.1. The van der Waals surface area contributed by atoms with Crippen LogP contribution >= 0.6 is 11.3 Å². The van der Waals surface area contributed by atoms with Gasteiger partial charge in [0.05, 0.1) is 24.0 Å². The molecule has 7 nitrogen and oxygen atoms in total. The molecule has 27 heavy (non-hydrogen) atoms. The molecule has 2 aromatic rings. The van der Waals surface area contributed by atoms with Crippen molar-refractivity contribution in [1.82, 2.24) is 4.90 Å². The average Bonchev–Trinajstić information content (AvgIpc) is 3.17. The topological polar surface area (TPSA) is 85.3 Å². The molecule has 3 heterocycles. The highest BCUT2D eigenvalue weighted by Crippen LogP contribution is 2.37. The van der Waals surface area contributed by atoms with Crippen LogP contribution in [0.4, 0.5) is 0 Å². The summed E-state index contributed by atoms with van der Waals surface area (Å²) in [7, 11) is 0. The van der Waals surface area contributed by atoms with Crippen LogP contribution < -0.4 is 9.47 Å². The molecule has 1 atom stereocenters. The summed E-state index contributed by atoms with van der Waals surface area (Å²) in [5.41, 5.74) is 0.967. The first-order valence-electron chi connectivity index (χ1n) is 8.72. The third-order valence-electron chi connectivity index (χ3n) is 4.47. The van der Waals surface area contributed by atoms with Crippen LogP contribution in [0.15, 0.2) is 30.3 Å². The molecule has 0 unspecified atom stereocenters. The Morgan fingerprint density at radius 3 is 2.74 bits per heavy atom. The maximum Gasteiger partial charge on any atom is 0.306 e. The highest BCUT2D eigenvalue weighted by Gasteiger charge is 2.27. The highest BCUT2D eigenvalue weighted by molar-refractivity contribution is 7.17. The van der Waals surface area contributed by atoms with Crippen molar-refractivity contribution in [2.45, 2.75) is 12.5 Å². The van der Waals surface area contributed by atoms with Gasteiger partial charge in [-0.2, -0.15) is 0 Å². The van der Waals surface area contributed by atoms with E-state index in [0.29, 0.717) is 43.5 Å². The molecule has 0 bridgehead atoms. The number of fused-ring (bicyclic) bond motifs is 1. The lowest BCUT2D eigenvalue weighted by Crippen LogP contribution is -2.46. The number of carbonyl (C=O) groups excluding carboxylic acids is 1. The molecule has 4 rings (SSSR count). The lowest BCUT2D eigenvalue weighted by Gasteiger charge is -2.32. The summed E-state index contributed by atoms with van der Waals surface area (Å²) in [4.78, 5) is 26.9. The van der Waals surface area contributed by atoms with E-state index in [4.69, 9.17) is 19.3 Å². The Hall–Kier alpha value is -2.58. The normalized spacial score (nSPS) is 19.0. The Bertz CT molecular complexity index is 864. The molecule has 1 saturated heterocycles. The molecule has 1 aromatic heterocycles. The van der Waals surface area contributed by atoms with Gasteiger partial charge in [-0.1, -0.05) is 0 Å². The Morgan fingerprint density at radius 2 is 1.93 bits per heavy atom. The minimum Gasteiger partial charge on any atom is -0.486 e. The first-order chi connectivity index (χ1) is 13.1. The molecule has 2 aliphatic heterocycles. The van der Waals surface area contributed by atoms with E-state index in [-0.39, 0.29) is 12.3 Å². The Kier molecular flexibility index (Phi) is 5.00. The number of carbonyl (C=O) groups is 2. The second kappa shape index (κ2) is 7.58. The second-order valence-electron chi connectivity index (χ2n) is 6.36. The Labute approximate surface area is 160 Å². The molecule has 1 aromatic carbocycles. The van der Waals surface area contributed by atoms with Crippen LogP contribution in [0.25, 0.3) is 10.4 Å². The molecule has 0 spiro atoms. The SMILES string of the molecule is O=C(O)C[C@H]1CN(C(=O)c2ccc(-c3ccc4c(c3)OCCO4)s2)CCO1. The molecule has 8 heteroatoms.